The van der Waals surface area contributed by atoms with Gasteiger partial charge >= 0.3 is 5.69 Å². The fraction of sp³-hybridized carbons (Fsp3) is 0.0833. The van der Waals surface area contributed by atoms with E-state index in [1.54, 1.807) is 0 Å². The molecule has 7 heteroatoms. The van der Waals surface area contributed by atoms with Crippen molar-refractivity contribution in [1.29, 1.82) is 0 Å². The molecule has 0 unspecified atom stereocenters. The van der Waals surface area contributed by atoms with Crippen molar-refractivity contribution in [3.8, 4) is 0 Å². The largest absolute Gasteiger partial charge is 0.352 e. The van der Waals surface area contributed by atoms with Gasteiger partial charge < -0.3 is 5.32 Å². The molecule has 0 aliphatic carbocycles. The van der Waals surface area contributed by atoms with Gasteiger partial charge in [-0.05, 0) is 5.56 Å². The Kier molecular flexibility index (Phi) is 2.64. The predicted octanol–water partition coefficient (Wildman–Crippen LogP) is 0.552. The highest BCUT2D eigenvalue weighted by atomic mass is 16.1. The highest BCUT2D eigenvalue weighted by Gasteiger charge is 2.06. The number of benzene rings is 1. The molecule has 0 aliphatic rings. The van der Waals surface area contributed by atoms with E-state index in [9.17, 15) is 9.59 Å². The topological polar surface area (TPSA) is 106 Å². The van der Waals surface area contributed by atoms with Gasteiger partial charge in [0.05, 0.1) is 0 Å². The molecule has 19 heavy (non-hydrogen) atoms. The maximum atomic E-state index is 11.7. The number of hydrogen-bond donors (Lipinski definition) is 4. The minimum atomic E-state index is -0.451. The Bertz CT molecular complexity index is 815. The van der Waals surface area contributed by atoms with Crippen LogP contribution in [0.15, 0.2) is 39.9 Å². The first-order valence-corrected chi connectivity index (χ1v) is 5.72. The standard InChI is InChI=1S/C12H11N5O2/c18-10-8-9(16-12(19)14-8)15-11(17-10)13-6-7-4-2-1-3-5-7/h1-5H,6H2,(H4,13,14,15,16,17,18,19). The maximum Gasteiger partial charge on any atom is 0.325 e. The lowest BCUT2D eigenvalue weighted by atomic mass is 10.2. The number of fused-ring (bicyclic) bond motifs is 1. The Morgan fingerprint density at radius 2 is 1.84 bits per heavy atom. The van der Waals surface area contributed by atoms with E-state index < -0.39 is 5.69 Å². The van der Waals surface area contributed by atoms with Gasteiger partial charge in [-0.1, -0.05) is 30.3 Å². The van der Waals surface area contributed by atoms with E-state index >= 15 is 0 Å². The maximum absolute atomic E-state index is 11.7. The summed E-state index contributed by atoms with van der Waals surface area (Å²) in [4.78, 5) is 34.3. The third-order valence-electron chi connectivity index (χ3n) is 2.69. The van der Waals surface area contributed by atoms with Crippen LogP contribution in [-0.2, 0) is 6.54 Å². The van der Waals surface area contributed by atoms with Crippen molar-refractivity contribution in [3.05, 3.63) is 56.7 Å². The van der Waals surface area contributed by atoms with Gasteiger partial charge in [-0.3, -0.25) is 19.7 Å². The van der Waals surface area contributed by atoms with E-state index in [1.165, 1.54) is 0 Å². The van der Waals surface area contributed by atoms with Crippen molar-refractivity contribution >= 4 is 17.1 Å². The molecule has 0 amide bonds. The minimum absolute atomic E-state index is 0.148. The Morgan fingerprint density at radius 3 is 2.63 bits per heavy atom. The van der Waals surface area contributed by atoms with Gasteiger partial charge in [0.25, 0.3) is 5.56 Å². The highest BCUT2D eigenvalue weighted by Crippen LogP contribution is 2.04. The Morgan fingerprint density at radius 1 is 1.05 bits per heavy atom. The van der Waals surface area contributed by atoms with Crippen LogP contribution in [0.25, 0.3) is 11.2 Å². The number of rotatable bonds is 3. The molecule has 3 aromatic rings. The SMILES string of the molecule is O=c1[nH]c2nc(NCc3ccccc3)[nH]c(=O)c2[nH]1. The summed E-state index contributed by atoms with van der Waals surface area (Å²) >= 11 is 0. The van der Waals surface area contributed by atoms with Crippen molar-refractivity contribution in [3.63, 3.8) is 0 Å². The predicted molar refractivity (Wildman–Crippen MR) is 71.1 cm³/mol. The van der Waals surface area contributed by atoms with Gasteiger partial charge in [-0.25, -0.2) is 4.79 Å². The normalized spacial score (nSPS) is 10.7. The lowest BCUT2D eigenvalue weighted by Gasteiger charge is -2.04. The average Bonchev–Trinajstić information content (AvgIpc) is 2.79. The first-order valence-electron chi connectivity index (χ1n) is 5.72. The van der Waals surface area contributed by atoms with Crippen LogP contribution >= 0.6 is 0 Å². The molecule has 0 radical (unpaired) electrons. The first kappa shape index (κ1) is 11.3. The Labute approximate surface area is 106 Å². The smallest absolute Gasteiger partial charge is 0.325 e. The molecular formula is C12H11N5O2. The van der Waals surface area contributed by atoms with E-state index in [0.29, 0.717) is 12.5 Å². The second kappa shape index (κ2) is 4.45. The molecule has 1 aromatic carbocycles. The van der Waals surface area contributed by atoms with Crippen LogP contribution in [-0.4, -0.2) is 19.9 Å². The number of H-pyrrole nitrogens is 3. The molecule has 2 aromatic heterocycles. The van der Waals surface area contributed by atoms with Gasteiger partial charge in [0.2, 0.25) is 5.95 Å². The second-order valence-electron chi connectivity index (χ2n) is 4.06. The zero-order chi connectivity index (χ0) is 13.2. The van der Waals surface area contributed by atoms with Crippen molar-refractivity contribution in [2.75, 3.05) is 5.32 Å². The molecule has 0 saturated heterocycles. The van der Waals surface area contributed by atoms with Crippen LogP contribution < -0.4 is 16.6 Å². The van der Waals surface area contributed by atoms with Gasteiger partial charge in [-0.2, -0.15) is 4.98 Å². The van der Waals surface area contributed by atoms with Crippen molar-refractivity contribution < 1.29 is 0 Å². The van der Waals surface area contributed by atoms with Crippen LogP contribution in [0.3, 0.4) is 0 Å². The number of imidazole rings is 1. The molecule has 0 atom stereocenters. The quantitative estimate of drug-likeness (QED) is 0.549. The molecule has 0 spiro atoms. The molecule has 3 rings (SSSR count). The van der Waals surface area contributed by atoms with E-state index in [2.05, 4.69) is 25.3 Å². The zero-order valence-corrected chi connectivity index (χ0v) is 9.86. The third-order valence-corrected chi connectivity index (χ3v) is 2.69. The van der Waals surface area contributed by atoms with Gasteiger partial charge in [0, 0.05) is 6.54 Å². The van der Waals surface area contributed by atoms with Crippen LogP contribution in [0.2, 0.25) is 0 Å². The average molecular weight is 257 g/mol. The van der Waals surface area contributed by atoms with Gasteiger partial charge in [-0.15, -0.1) is 0 Å². The molecule has 7 nitrogen and oxygen atoms in total. The summed E-state index contributed by atoms with van der Waals surface area (Å²) in [5, 5.41) is 3.00. The van der Waals surface area contributed by atoms with E-state index in [4.69, 9.17) is 0 Å². The minimum Gasteiger partial charge on any atom is -0.352 e. The van der Waals surface area contributed by atoms with E-state index in [1.807, 2.05) is 30.3 Å². The molecule has 0 saturated carbocycles. The third kappa shape index (κ3) is 2.25. The first-order chi connectivity index (χ1) is 9.22. The summed E-state index contributed by atoms with van der Waals surface area (Å²) in [6.45, 7) is 0.532. The summed E-state index contributed by atoms with van der Waals surface area (Å²) < 4.78 is 0. The molecular weight excluding hydrogens is 246 g/mol. The van der Waals surface area contributed by atoms with Crippen LogP contribution in [0.4, 0.5) is 5.95 Å². The second-order valence-corrected chi connectivity index (χ2v) is 4.06. The van der Waals surface area contributed by atoms with E-state index in [0.717, 1.165) is 5.56 Å². The lowest BCUT2D eigenvalue weighted by molar-refractivity contribution is 1.05. The highest BCUT2D eigenvalue weighted by molar-refractivity contribution is 5.69. The molecule has 4 N–H and O–H groups in total. The summed E-state index contributed by atoms with van der Waals surface area (Å²) in [6.07, 6.45) is 0. The Hall–Kier alpha value is -2.83. The molecule has 0 fully saturated rings. The number of nitrogens with zero attached hydrogens (tertiary/aromatic N) is 1. The summed E-state index contributed by atoms with van der Waals surface area (Å²) in [7, 11) is 0. The van der Waals surface area contributed by atoms with Crippen molar-refractivity contribution in [1.82, 2.24) is 19.9 Å². The molecule has 0 aliphatic heterocycles. The van der Waals surface area contributed by atoms with Crippen LogP contribution in [0, 0.1) is 0 Å². The zero-order valence-electron chi connectivity index (χ0n) is 9.86. The fourth-order valence-electron chi connectivity index (χ4n) is 1.80. The monoisotopic (exact) mass is 257 g/mol. The number of nitrogens with one attached hydrogen (secondary N) is 4. The lowest BCUT2D eigenvalue weighted by Crippen LogP contribution is -2.13. The van der Waals surface area contributed by atoms with E-state index in [-0.39, 0.29) is 16.7 Å². The van der Waals surface area contributed by atoms with Crippen molar-refractivity contribution in [2.24, 2.45) is 0 Å². The van der Waals surface area contributed by atoms with Gasteiger partial charge in [0.1, 0.15) is 0 Å². The van der Waals surface area contributed by atoms with Crippen molar-refractivity contribution in [2.45, 2.75) is 6.54 Å². The number of hydrogen-bond acceptors (Lipinski definition) is 4. The summed E-state index contributed by atoms with van der Waals surface area (Å²) in [5.74, 6) is 0.316. The molecule has 0 bridgehead atoms. The number of aromatic nitrogens is 4. The number of aromatic amines is 3. The Balaban J connectivity index is 1.89. The molecule has 2 heterocycles. The van der Waals surface area contributed by atoms with Crippen LogP contribution in [0.5, 0.6) is 0 Å². The summed E-state index contributed by atoms with van der Waals surface area (Å²) in [5.41, 5.74) is 0.611. The number of anilines is 1. The van der Waals surface area contributed by atoms with Gasteiger partial charge in [0.15, 0.2) is 11.2 Å². The molecule has 96 valence electrons. The fourth-order valence-corrected chi connectivity index (χ4v) is 1.80. The summed E-state index contributed by atoms with van der Waals surface area (Å²) in [6, 6.07) is 9.71. The van der Waals surface area contributed by atoms with Crippen LogP contribution in [0.1, 0.15) is 5.56 Å².